The zero-order chi connectivity index (χ0) is 12.5. The fourth-order valence-corrected chi connectivity index (χ4v) is 1.79. The summed E-state index contributed by atoms with van der Waals surface area (Å²) in [7, 11) is 0. The predicted octanol–water partition coefficient (Wildman–Crippen LogP) is 1.77. The van der Waals surface area contributed by atoms with E-state index in [9.17, 15) is 4.79 Å². The number of aromatic amines is 1. The first-order valence-electron chi connectivity index (χ1n) is 6.00. The van der Waals surface area contributed by atoms with Gasteiger partial charge in [0.05, 0.1) is 12.3 Å². The zero-order valence-corrected chi connectivity index (χ0v) is 10.0. The maximum absolute atomic E-state index is 11.9. The molecule has 2 aromatic heterocycles. The molecule has 1 unspecified atom stereocenters. The van der Waals surface area contributed by atoms with Gasteiger partial charge in [-0.3, -0.25) is 9.89 Å². The Morgan fingerprint density at radius 1 is 1.61 bits per heavy atom. The molecule has 1 aliphatic rings. The van der Waals surface area contributed by atoms with Gasteiger partial charge in [-0.1, -0.05) is 0 Å². The van der Waals surface area contributed by atoms with Crippen LogP contribution in [0.2, 0.25) is 0 Å². The Morgan fingerprint density at radius 3 is 3.11 bits per heavy atom. The molecule has 2 N–H and O–H groups in total. The molecule has 1 amide bonds. The number of furan rings is 1. The lowest BCUT2D eigenvalue weighted by Gasteiger charge is -2.08. The summed E-state index contributed by atoms with van der Waals surface area (Å²) in [4.78, 5) is 16.1. The number of amides is 1. The summed E-state index contributed by atoms with van der Waals surface area (Å²) < 4.78 is 5.22. The molecule has 0 saturated heterocycles. The molecular weight excluding hydrogens is 232 g/mol. The third kappa shape index (κ3) is 2.13. The topological polar surface area (TPSA) is 83.8 Å². The Kier molecular flexibility index (Phi) is 2.62. The number of rotatable bonds is 4. The second-order valence-electron chi connectivity index (χ2n) is 4.53. The fourth-order valence-electron chi connectivity index (χ4n) is 1.79. The maximum Gasteiger partial charge on any atom is 0.291 e. The van der Waals surface area contributed by atoms with E-state index in [0.29, 0.717) is 11.7 Å². The first-order valence-corrected chi connectivity index (χ1v) is 6.00. The number of hydrogen-bond donors (Lipinski definition) is 2. The lowest BCUT2D eigenvalue weighted by atomic mass is 10.2. The average Bonchev–Trinajstić information content (AvgIpc) is 2.91. The highest BCUT2D eigenvalue weighted by Crippen LogP contribution is 2.37. The van der Waals surface area contributed by atoms with Crippen molar-refractivity contribution in [1.29, 1.82) is 0 Å². The molecule has 0 radical (unpaired) electrons. The van der Waals surface area contributed by atoms with Crippen LogP contribution in [0.5, 0.6) is 0 Å². The van der Waals surface area contributed by atoms with Gasteiger partial charge in [-0.15, -0.1) is 5.10 Å². The van der Waals surface area contributed by atoms with Crippen LogP contribution in [0.4, 0.5) is 0 Å². The summed E-state index contributed by atoms with van der Waals surface area (Å²) >= 11 is 0. The van der Waals surface area contributed by atoms with Gasteiger partial charge in [0, 0.05) is 5.92 Å². The minimum atomic E-state index is -0.290. The smallest absolute Gasteiger partial charge is 0.291 e. The summed E-state index contributed by atoms with van der Waals surface area (Å²) in [6, 6.07) is 3.41. The first-order chi connectivity index (χ1) is 8.74. The molecule has 2 heterocycles. The van der Waals surface area contributed by atoms with Crippen LogP contribution < -0.4 is 5.32 Å². The van der Waals surface area contributed by atoms with E-state index in [2.05, 4.69) is 20.5 Å². The second kappa shape index (κ2) is 4.29. The Labute approximate surface area is 104 Å². The van der Waals surface area contributed by atoms with E-state index in [4.69, 9.17) is 4.42 Å². The van der Waals surface area contributed by atoms with Crippen LogP contribution in [0.1, 0.15) is 53.9 Å². The summed E-state index contributed by atoms with van der Waals surface area (Å²) in [5.41, 5.74) is 0. The number of nitrogens with one attached hydrogen (secondary N) is 2. The van der Waals surface area contributed by atoms with Crippen molar-refractivity contribution in [2.24, 2.45) is 0 Å². The summed E-state index contributed by atoms with van der Waals surface area (Å²) in [6.45, 7) is 1.85. The fraction of sp³-hybridized carbons (Fsp3) is 0.417. The van der Waals surface area contributed by atoms with Crippen molar-refractivity contribution in [2.75, 3.05) is 0 Å². The standard InChI is InChI=1S/C12H14N4O2/c1-7(9-3-2-6-18-9)13-12(17)11-14-10(15-16-11)8-4-5-8/h2-3,6-8H,4-5H2,1H3,(H,13,17)(H,14,15,16). The third-order valence-electron chi connectivity index (χ3n) is 2.99. The lowest BCUT2D eigenvalue weighted by Crippen LogP contribution is -2.27. The van der Waals surface area contributed by atoms with E-state index in [-0.39, 0.29) is 17.8 Å². The minimum absolute atomic E-state index is 0.190. The van der Waals surface area contributed by atoms with Crippen molar-refractivity contribution in [3.8, 4) is 0 Å². The van der Waals surface area contributed by atoms with E-state index in [1.165, 1.54) is 0 Å². The molecule has 0 spiro atoms. The van der Waals surface area contributed by atoms with E-state index >= 15 is 0 Å². The Hall–Kier alpha value is -2.11. The van der Waals surface area contributed by atoms with Crippen molar-refractivity contribution in [3.05, 3.63) is 35.8 Å². The van der Waals surface area contributed by atoms with Gasteiger partial charge in [0.15, 0.2) is 0 Å². The van der Waals surface area contributed by atoms with Gasteiger partial charge in [-0.2, -0.15) is 0 Å². The molecule has 0 bridgehead atoms. The van der Waals surface area contributed by atoms with Crippen molar-refractivity contribution in [2.45, 2.75) is 31.7 Å². The van der Waals surface area contributed by atoms with Gasteiger partial charge in [0.2, 0.25) is 5.82 Å². The SMILES string of the molecule is CC(NC(=O)c1n[nH]c(C2CC2)n1)c1ccco1. The van der Waals surface area contributed by atoms with Crippen molar-refractivity contribution < 1.29 is 9.21 Å². The second-order valence-corrected chi connectivity index (χ2v) is 4.53. The molecule has 0 aromatic carbocycles. The molecule has 2 aromatic rings. The van der Waals surface area contributed by atoms with Gasteiger partial charge in [0.25, 0.3) is 5.91 Å². The van der Waals surface area contributed by atoms with Crippen LogP contribution in [0.15, 0.2) is 22.8 Å². The monoisotopic (exact) mass is 246 g/mol. The molecule has 1 saturated carbocycles. The molecule has 0 aliphatic heterocycles. The number of aromatic nitrogens is 3. The number of hydrogen-bond acceptors (Lipinski definition) is 4. The Bertz CT molecular complexity index is 542. The number of nitrogens with zero attached hydrogens (tertiary/aromatic N) is 2. The maximum atomic E-state index is 11.9. The highest BCUT2D eigenvalue weighted by atomic mass is 16.3. The highest BCUT2D eigenvalue weighted by molar-refractivity contribution is 5.90. The molecule has 1 atom stereocenters. The molecule has 1 fully saturated rings. The van der Waals surface area contributed by atoms with Crippen LogP contribution in [0.25, 0.3) is 0 Å². The average molecular weight is 246 g/mol. The Morgan fingerprint density at radius 2 is 2.44 bits per heavy atom. The molecule has 18 heavy (non-hydrogen) atoms. The number of carbonyl (C=O) groups is 1. The number of H-pyrrole nitrogens is 1. The van der Waals surface area contributed by atoms with E-state index in [1.807, 2.05) is 13.0 Å². The van der Waals surface area contributed by atoms with Gasteiger partial charge >= 0.3 is 0 Å². The van der Waals surface area contributed by atoms with E-state index in [1.54, 1.807) is 12.3 Å². The first kappa shape index (κ1) is 11.0. The van der Waals surface area contributed by atoms with E-state index in [0.717, 1.165) is 18.7 Å². The number of carbonyl (C=O) groups excluding carboxylic acids is 1. The van der Waals surface area contributed by atoms with Gasteiger partial charge in [-0.05, 0) is 31.9 Å². The van der Waals surface area contributed by atoms with Crippen molar-refractivity contribution in [1.82, 2.24) is 20.5 Å². The van der Waals surface area contributed by atoms with Crippen molar-refractivity contribution in [3.63, 3.8) is 0 Å². The third-order valence-corrected chi connectivity index (χ3v) is 2.99. The van der Waals surface area contributed by atoms with Crippen LogP contribution in [0, 0.1) is 0 Å². The molecule has 1 aliphatic carbocycles. The minimum Gasteiger partial charge on any atom is -0.467 e. The largest absolute Gasteiger partial charge is 0.467 e. The van der Waals surface area contributed by atoms with Crippen LogP contribution >= 0.6 is 0 Å². The quantitative estimate of drug-likeness (QED) is 0.861. The van der Waals surface area contributed by atoms with Crippen LogP contribution in [0.3, 0.4) is 0 Å². The Balaban J connectivity index is 1.66. The predicted molar refractivity (Wildman–Crippen MR) is 62.9 cm³/mol. The molecule has 94 valence electrons. The highest BCUT2D eigenvalue weighted by Gasteiger charge is 2.28. The van der Waals surface area contributed by atoms with E-state index < -0.39 is 0 Å². The lowest BCUT2D eigenvalue weighted by molar-refractivity contribution is 0.0925. The summed E-state index contributed by atoms with van der Waals surface area (Å²) in [5.74, 6) is 1.88. The molecule has 6 nitrogen and oxygen atoms in total. The summed E-state index contributed by atoms with van der Waals surface area (Å²) in [6.07, 6.45) is 3.83. The summed E-state index contributed by atoms with van der Waals surface area (Å²) in [5, 5.41) is 9.54. The molecule has 6 heteroatoms. The van der Waals surface area contributed by atoms with Gasteiger partial charge in [0.1, 0.15) is 11.6 Å². The van der Waals surface area contributed by atoms with Gasteiger partial charge in [-0.25, -0.2) is 4.98 Å². The van der Waals surface area contributed by atoms with Crippen LogP contribution in [-0.2, 0) is 0 Å². The normalized spacial score (nSPS) is 16.5. The molecule has 3 rings (SSSR count). The van der Waals surface area contributed by atoms with Gasteiger partial charge < -0.3 is 9.73 Å². The van der Waals surface area contributed by atoms with Crippen molar-refractivity contribution >= 4 is 5.91 Å². The zero-order valence-electron chi connectivity index (χ0n) is 10.0. The molecular formula is C12H14N4O2. The van der Waals surface area contributed by atoms with Crippen LogP contribution in [-0.4, -0.2) is 21.1 Å².